The summed E-state index contributed by atoms with van der Waals surface area (Å²) in [5, 5.41) is 0.747. The van der Waals surface area contributed by atoms with Crippen LogP contribution in [0.5, 0.6) is 5.75 Å². The second kappa shape index (κ2) is 9.34. The Labute approximate surface area is 180 Å². The first-order chi connectivity index (χ1) is 13.7. The van der Waals surface area contributed by atoms with Crippen LogP contribution >= 0.6 is 23.2 Å². The van der Waals surface area contributed by atoms with Crippen LogP contribution in [0.2, 0.25) is 10.0 Å². The number of amides is 1. The van der Waals surface area contributed by atoms with Crippen molar-refractivity contribution in [3.8, 4) is 5.75 Å². The molecule has 1 fully saturated rings. The molecule has 0 radical (unpaired) electrons. The zero-order valence-corrected chi connectivity index (χ0v) is 18.1. The fourth-order valence-electron chi connectivity index (χ4n) is 3.18. The van der Waals surface area contributed by atoms with Crippen molar-refractivity contribution in [2.24, 2.45) is 0 Å². The van der Waals surface area contributed by atoms with Crippen molar-refractivity contribution < 1.29 is 22.1 Å². The van der Waals surface area contributed by atoms with E-state index < -0.39 is 10.1 Å². The molecule has 1 aliphatic rings. The fourth-order valence-corrected chi connectivity index (χ4v) is 4.08. The van der Waals surface area contributed by atoms with E-state index in [0.717, 1.165) is 19.1 Å². The van der Waals surface area contributed by atoms with E-state index in [1.54, 1.807) is 35.2 Å². The van der Waals surface area contributed by atoms with E-state index in [2.05, 4.69) is 0 Å². The average molecular weight is 458 g/mol. The largest absolute Gasteiger partial charge is 0.382 e. The number of nitrogens with zero attached hydrogens (tertiary/aromatic N) is 1. The quantitative estimate of drug-likeness (QED) is 0.583. The first-order valence-electron chi connectivity index (χ1n) is 9.06. The zero-order chi connectivity index (χ0) is 21.0. The Kier molecular flexibility index (Phi) is 7.05. The monoisotopic (exact) mass is 457 g/mol. The molecule has 29 heavy (non-hydrogen) atoms. The average Bonchev–Trinajstić information content (AvgIpc) is 3.15. The molecule has 1 saturated heterocycles. The van der Waals surface area contributed by atoms with Crippen LogP contribution in [0, 0.1) is 0 Å². The zero-order valence-electron chi connectivity index (χ0n) is 15.8. The van der Waals surface area contributed by atoms with E-state index in [4.69, 9.17) is 32.1 Å². The lowest BCUT2D eigenvalue weighted by Gasteiger charge is -2.27. The van der Waals surface area contributed by atoms with Gasteiger partial charge in [0.05, 0.1) is 22.9 Å². The van der Waals surface area contributed by atoms with Crippen LogP contribution in [0.25, 0.3) is 0 Å². The first kappa shape index (κ1) is 21.9. The van der Waals surface area contributed by atoms with Gasteiger partial charge in [-0.15, -0.1) is 0 Å². The molecule has 6 nitrogen and oxygen atoms in total. The van der Waals surface area contributed by atoms with Gasteiger partial charge >= 0.3 is 10.1 Å². The lowest BCUT2D eigenvalue weighted by atomic mass is 10.1. The van der Waals surface area contributed by atoms with E-state index in [1.807, 2.05) is 0 Å². The second-order valence-electron chi connectivity index (χ2n) is 6.84. The highest BCUT2D eigenvalue weighted by Gasteiger charge is 2.26. The molecule has 2 aromatic carbocycles. The summed E-state index contributed by atoms with van der Waals surface area (Å²) in [5.74, 6) is -0.155. The highest BCUT2D eigenvalue weighted by molar-refractivity contribution is 7.86. The summed E-state index contributed by atoms with van der Waals surface area (Å²) in [6.07, 6.45) is 2.64. The van der Waals surface area contributed by atoms with Gasteiger partial charge in [0.25, 0.3) is 5.91 Å². The van der Waals surface area contributed by atoms with Crippen molar-refractivity contribution in [2.45, 2.75) is 25.5 Å². The van der Waals surface area contributed by atoms with E-state index in [1.165, 1.54) is 12.1 Å². The number of rotatable bonds is 7. The smallest absolute Gasteiger partial charge is 0.306 e. The van der Waals surface area contributed by atoms with Gasteiger partial charge in [-0.25, -0.2) is 0 Å². The molecule has 3 rings (SSSR count). The normalized spacial score (nSPS) is 16.6. The molecule has 0 N–H and O–H groups in total. The van der Waals surface area contributed by atoms with Gasteiger partial charge in [0.1, 0.15) is 5.75 Å². The van der Waals surface area contributed by atoms with E-state index in [0.29, 0.717) is 34.3 Å². The predicted molar refractivity (Wildman–Crippen MR) is 112 cm³/mol. The minimum absolute atomic E-state index is 0.0926. The molecular weight excluding hydrogens is 437 g/mol. The number of hydrogen-bond acceptors (Lipinski definition) is 5. The van der Waals surface area contributed by atoms with Crippen molar-refractivity contribution in [1.82, 2.24) is 4.90 Å². The van der Waals surface area contributed by atoms with Gasteiger partial charge in [0, 0.05) is 30.3 Å². The first-order valence-corrected chi connectivity index (χ1v) is 11.6. The maximum absolute atomic E-state index is 13.2. The van der Waals surface area contributed by atoms with Crippen molar-refractivity contribution in [2.75, 3.05) is 19.4 Å². The third-order valence-corrected chi connectivity index (χ3v) is 5.51. The van der Waals surface area contributed by atoms with Crippen LogP contribution in [0.1, 0.15) is 28.8 Å². The molecule has 9 heteroatoms. The third-order valence-electron chi connectivity index (χ3n) is 4.46. The summed E-state index contributed by atoms with van der Waals surface area (Å²) in [6.45, 7) is 1.09. The summed E-state index contributed by atoms with van der Waals surface area (Å²) in [6, 6.07) is 11.4. The van der Waals surface area contributed by atoms with Crippen LogP contribution in [0.15, 0.2) is 42.5 Å². The lowest BCUT2D eigenvalue weighted by molar-refractivity contribution is 0.0506. The van der Waals surface area contributed by atoms with Gasteiger partial charge in [0.15, 0.2) is 0 Å². The van der Waals surface area contributed by atoms with Crippen molar-refractivity contribution >= 4 is 39.2 Å². The SMILES string of the molecule is CS(=O)(=O)Oc1ccc(Cl)cc1CN(CC1CCCO1)C(=O)c1ccccc1Cl. The van der Waals surface area contributed by atoms with Crippen molar-refractivity contribution in [3.63, 3.8) is 0 Å². The summed E-state index contributed by atoms with van der Waals surface area (Å²) in [4.78, 5) is 14.8. The van der Waals surface area contributed by atoms with Gasteiger partial charge in [-0.3, -0.25) is 4.79 Å². The molecule has 1 unspecified atom stereocenters. The molecule has 1 amide bonds. The number of hydrogen-bond donors (Lipinski definition) is 0. The molecule has 0 spiro atoms. The highest BCUT2D eigenvalue weighted by atomic mass is 35.5. The van der Waals surface area contributed by atoms with Gasteiger partial charge in [0.2, 0.25) is 0 Å². The summed E-state index contributed by atoms with van der Waals surface area (Å²) in [7, 11) is -3.74. The Balaban J connectivity index is 1.94. The molecule has 0 aromatic heterocycles. The maximum atomic E-state index is 13.2. The van der Waals surface area contributed by atoms with Crippen molar-refractivity contribution in [1.29, 1.82) is 0 Å². The predicted octanol–water partition coefficient (Wildman–Crippen LogP) is 4.15. The number of halogens is 2. The fraction of sp³-hybridized carbons (Fsp3) is 0.350. The Hall–Kier alpha value is -1.80. The van der Waals surface area contributed by atoms with Crippen LogP contribution in [0.3, 0.4) is 0 Å². The molecule has 156 valence electrons. The molecule has 0 bridgehead atoms. The highest BCUT2D eigenvalue weighted by Crippen LogP contribution is 2.28. The van der Waals surface area contributed by atoms with E-state index in [9.17, 15) is 13.2 Å². The molecule has 0 aliphatic carbocycles. The van der Waals surface area contributed by atoms with Crippen LogP contribution < -0.4 is 4.18 Å². The number of benzene rings is 2. The Morgan fingerprint density at radius 2 is 2.00 bits per heavy atom. The van der Waals surface area contributed by atoms with E-state index in [-0.39, 0.29) is 24.3 Å². The van der Waals surface area contributed by atoms with Gasteiger partial charge in [-0.05, 0) is 43.2 Å². The lowest BCUT2D eigenvalue weighted by Crippen LogP contribution is -2.37. The molecule has 1 heterocycles. The standard InChI is InChI=1S/C20H21Cl2NO5S/c1-29(25,26)28-19-9-8-15(21)11-14(19)12-23(13-16-5-4-10-27-16)20(24)17-6-2-3-7-18(17)22/h2-3,6-9,11,16H,4-5,10,12-13H2,1H3. The van der Waals surface area contributed by atoms with Gasteiger partial charge in [-0.2, -0.15) is 8.42 Å². The molecule has 2 aromatic rings. The van der Waals surface area contributed by atoms with Crippen LogP contribution in [-0.4, -0.2) is 44.7 Å². The molecule has 1 atom stereocenters. The van der Waals surface area contributed by atoms with E-state index >= 15 is 0 Å². The van der Waals surface area contributed by atoms with Gasteiger partial charge < -0.3 is 13.8 Å². The number of ether oxygens (including phenoxy) is 1. The Morgan fingerprint density at radius 1 is 1.24 bits per heavy atom. The number of carbonyl (C=O) groups is 1. The van der Waals surface area contributed by atoms with Crippen molar-refractivity contribution in [3.05, 3.63) is 63.6 Å². The summed E-state index contributed by atoms with van der Waals surface area (Å²) < 4.78 is 34.0. The Bertz CT molecular complexity index is 990. The second-order valence-corrected chi connectivity index (χ2v) is 9.26. The molecule has 1 aliphatic heterocycles. The Morgan fingerprint density at radius 3 is 2.66 bits per heavy atom. The summed E-state index contributed by atoms with van der Waals surface area (Å²) >= 11 is 12.3. The minimum Gasteiger partial charge on any atom is -0.382 e. The summed E-state index contributed by atoms with van der Waals surface area (Å²) in [5.41, 5.74) is 0.834. The topological polar surface area (TPSA) is 72.9 Å². The molecular formula is C20H21Cl2NO5S. The maximum Gasteiger partial charge on any atom is 0.306 e. The minimum atomic E-state index is -3.74. The van der Waals surface area contributed by atoms with Crippen LogP contribution in [0.4, 0.5) is 0 Å². The third kappa shape index (κ3) is 6.09. The molecule has 0 saturated carbocycles. The van der Waals surface area contributed by atoms with Gasteiger partial charge in [-0.1, -0.05) is 35.3 Å². The van der Waals surface area contributed by atoms with Crippen LogP contribution in [-0.2, 0) is 21.4 Å². The number of carbonyl (C=O) groups excluding carboxylic acids is 1.